The molecule has 3 aromatic rings. The van der Waals surface area contributed by atoms with Gasteiger partial charge in [0, 0.05) is 11.3 Å². The fourth-order valence-electron chi connectivity index (χ4n) is 3.51. The number of amides is 3. The minimum atomic E-state index is -1.03. The minimum absolute atomic E-state index is 0.132. The molecule has 32 heavy (non-hydrogen) atoms. The summed E-state index contributed by atoms with van der Waals surface area (Å²) in [6.07, 6.45) is -0.280. The van der Waals surface area contributed by atoms with Crippen molar-refractivity contribution >= 4 is 23.6 Å². The quantitative estimate of drug-likeness (QED) is 0.550. The number of nitrogens with one attached hydrogen (secondary N) is 1. The summed E-state index contributed by atoms with van der Waals surface area (Å²) in [7, 11) is 1.55. The molecule has 2 atom stereocenters. The first-order chi connectivity index (χ1) is 15.5. The zero-order valence-corrected chi connectivity index (χ0v) is 17.2. The number of β-lactam (4-membered cyclic amide) rings is 1. The maximum absolute atomic E-state index is 12.9. The maximum Gasteiger partial charge on any atom is 0.408 e. The zero-order valence-electron chi connectivity index (χ0n) is 17.2. The first-order valence-corrected chi connectivity index (χ1v) is 9.81. The molecule has 1 saturated heterocycles. The Hall–Kier alpha value is -4.27. The lowest BCUT2D eigenvalue weighted by molar-refractivity contribution is -0.137. The number of methoxy groups -OCH3 is 1. The van der Waals surface area contributed by atoms with Crippen molar-refractivity contribution in [3.05, 3.63) is 83.8 Å². The van der Waals surface area contributed by atoms with E-state index >= 15 is 0 Å². The molecule has 2 heterocycles. The predicted molar refractivity (Wildman–Crippen MR) is 114 cm³/mol. The molecule has 0 saturated carbocycles. The van der Waals surface area contributed by atoms with Gasteiger partial charge in [0.15, 0.2) is 0 Å². The number of benzene rings is 2. The van der Waals surface area contributed by atoms with Crippen LogP contribution in [0, 0.1) is 0 Å². The highest BCUT2D eigenvalue weighted by molar-refractivity contribution is 6.06. The van der Waals surface area contributed by atoms with E-state index in [0.29, 0.717) is 28.3 Å². The number of furan rings is 1. The van der Waals surface area contributed by atoms with Crippen molar-refractivity contribution in [2.24, 2.45) is 5.73 Å². The number of primary amides is 1. The van der Waals surface area contributed by atoms with Crippen LogP contribution in [0.3, 0.4) is 0 Å². The van der Waals surface area contributed by atoms with E-state index < -0.39 is 24.1 Å². The first-order valence-electron chi connectivity index (χ1n) is 9.81. The van der Waals surface area contributed by atoms with E-state index in [1.807, 2.05) is 0 Å². The van der Waals surface area contributed by atoms with Gasteiger partial charge in [0.25, 0.3) is 5.91 Å². The molecular formula is C23H21N3O6. The number of nitrogens with zero attached hydrogens (tertiary/aromatic N) is 1. The predicted octanol–water partition coefficient (Wildman–Crippen LogP) is 2.77. The molecule has 3 N–H and O–H groups in total. The van der Waals surface area contributed by atoms with Gasteiger partial charge < -0.3 is 24.9 Å². The van der Waals surface area contributed by atoms with Crippen LogP contribution in [0.15, 0.2) is 71.3 Å². The van der Waals surface area contributed by atoms with Gasteiger partial charge in [0.2, 0.25) is 12.0 Å². The number of hydrogen-bond donors (Lipinski definition) is 2. The number of alkyl carbamates (subject to hydrolysis) is 1. The van der Waals surface area contributed by atoms with Crippen molar-refractivity contribution in [2.45, 2.75) is 18.7 Å². The van der Waals surface area contributed by atoms with Crippen LogP contribution in [0.4, 0.5) is 10.5 Å². The van der Waals surface area contributed by atoms with E-state index in [-0.39, 0.29) is 12.5 Å². The Morgan fingerprint density at radius 2 is 1.81 bits per heavy atom. The Kier molecular flexibility index (Phi) is 5.80. The molecule has 1 fully saturated rings. The van der Waals surface area contributed by atoms with Gasteiger partial charge in [-0.05, 0) is 54.1 Å². The Morgan fingerprint density at radius 1 is 1.09 bits per heavy atom. The van der Waals surface area contributed by atoms with Gasteiger partial charge in [-0.3, -0.25) is 14.5 Å². The topological polar surface area (TPSA) is 124 Å². The van der Waals surface area contributed by atoms with Gasteiger partial charge in [0.05, 0.1) is 19.9 Å². The summed E-state index contributed by atoms with van der Waals surface area (Å²) in [5.74, 6) is 0.278. The second-order valence-corrected chi connectivity index (χ2v) is 7.10. The lowest BCUT2D eigenvalue weighted by Crippen LogP contribution is -2.61. The van der Waals surface area contributed by atoms with E-state index in [1.165, 1.54) is 11.2 Å². The summed E-state index contributed by atoms with van der Waals surface area (Å²) >= 11 is 0. The van der Waals surface area contributed by atoms with Gasteiger partial charge in [0.1, 0.15) is 17.6 Å². The lowest BCUT2D eigenvalue weighted by Gasteiger charge is -2.46. The van der Waals surface area contributed by atoms with Crippen molar-refractivity contribution in [1.82, 2.24) is 5.32 Å². The van der Waals surface area contributed by atoms with Gasteiger partial charge in [-0.1, -0.05) is 12.1 Å². The van der Waals surface area contributed by atoms with Crippen LogP contribution in [0.25, 0.3) is 0 Å². The standard InChI is InChI=1S/C23H21N3O6/c1-30-17-10-8-16(9-11-17)26-19(14-4-6-15(7-5-14)21(24)27)20(22(26)28)32-23(29)25-13-18-3-2-12-31-18/h2-12,19-20H,13H2,1H3,(H2,24,27)(H,25,29)/t19-,20+/m1/s1. The largest absolute Gasteiger partial charge is 0.497 e. The molecule has 0 radical (unpaired) electrons. The number of carbonyl (C=O) groups excluding carboxylic acids is 3. The molecule has 0 aliphatic carbocycles. The molecule has 3 amide bonds. The molecule has 1 aliphatic rings. The monoisotopic (exact) mass is 435 g/mol. The molecule has 1 aromatic heterocycles. The maximum atomic E-state index is 12.9. The summed E-state index contributed by atoms with van der Waals surface area (Å²) < 4.78 is 15.8. The third-order valence-corrected chi connectivity index (χ3v) is 5.15. The van der Waals surface area contributed by atoms with Crippen molar-refractivity contribution in [2.75, 3.05) is 12.0 Å². The van der Waals surface area contributed by atoms with E-state index in [9.17, 15) is 14.4 Å². The Bertz CT molecular complexity index is 1110. The Balaban J connectivity index is 1.55. The van der Waals surface area contributed by atoms with E-state index in [4.69, 9.17) is 19.6 Å². The summed E-state index contributed by atoms with van der Waals surface area (Å²) in [6, 6.07) is 16.3. The Morgan fingerprint density at radius 3 is 2.41 bits per heavy atom. The molecule has 0 spiro atoms. The first kappa shape index (κ1) is 21.0. The molecule has 9 nitrogen and oxygen atoms in total. The average molecular weight is 435 g/mol. The third kappa shape index (κ3) is 4.13. The fourth-order valence-corrected chi connectivity index (χ4v) is 3.51. The molecule has 1 aliphatic heterocycles. The SMILES string of the molecule is COc1ccc(N2C(=O)[C@@H](OC(=O)NCc3ccco3)[C@H]2c2ccc(C(N)=O)cc2)cc1. The third-order valence-electron chi connectivity index (χ3n) is 5.15. The molecular weight excluding hydrogens is 414 g/mol. The summed E-state index contributed by atoms with van der Waals surface area (Å²) in [5.41, 5.74) is 6.97. The number of hydrogen-bond acceptors (Lipinski definition) is 6. The van der Waals surface area contributed by atoms with Crippen molar-refractivity contribution in [3.8, 4) is 5.75 Å². The number of ether oxygens (including phenoxy) is 2. The van der Waals surface area contributed by atoms with E-state index in [2.05, 4.69) is 5.32 Å². The lowest BCUT2D eigenvalue weighted by atomic mass is 9.89. The summed E-state index contributed by atoms with van der Waals surface area (Å²) in [6.45, 7) is 0.132. The number of anilines is 1. The summed E-state index contributed by atoms with van der Waals surface area (Å²) in [5, 5.41) is 2.57. The second kappa shape index (κ2) is 8.84. The molecule has 0 unspecified atom stereocenters. The van der Waals surface area contributed by atoms with Gasteiger partial charge >= 0.3 is 6.09 Å². The van der Waals surface area contributed by atoms with Crippen molar-refractivity contribution in [3.63, 3.8) is 0 Å². The van der Waals surface area contributed by atoms with Crippen LogP contribution in [0.5, 0.6) is 5.75 Å². The summed E-state index contributed by atoms with van der Waals surface area (Å²) in [4.78, 5) is 38.2. The van der Waals surface area contributed by atoms with Crippen LogP contribution in [0.2, 0.25) is 0 Å². The molecule has 164 valence electrons. The fraction of sp³-hybridized carbons (Fsp3) is 0.174. The number of nitrogens with two attached hydrogens (primary N) is 1. The number of carbonyl (C=O) groups is 3. The highest BCUT2D eigenvalue weighted by Crippen LogP contribution is 2.41. The normalized spacial score (nSPS) is 17.4. The highest BCUT2D eigenvalue weighted by atomic mass is 16.6. The van der Waals surface area contributed by atoms with Gasteiger partial charge in [-0.25, -0.2) is 4.79 Å². The smallest absolute Gasteiger partial charge is 0.408 e. The second-order valence-electron chi connectivity index (χ2n) is 7.10. The van der Waals surface area contributed by atoms with Crippen LogP contribution in [-0.2, 0) is 16.1 Å². The van der Waals surface area contributed by atoms with Crippen LogP contribution < -0.4 is 20.7 Å². The number of rotatable bonds is 7. The van der Waals surface area contributed by atoms with E-state index in [1.54, 1.807) is 67.8 Å². The van der Waals surface area contributed by atoms with Crippen LogP contribution >= 0.6 is 0 Å². The molecule has 2 aromatic carbocycles. The molecule has 9 heteroatoms. The zero-order chi connectivity index (χ0) is 22.7. The minimum Gasteiger partial charge on any atom is -0.497 e. The van der Waals surface area contributed by atoms with Crippen molar-refractivity contribution in [1.29, 1.82) is 0 Å². The van der Waals surface area contributed by atoms with Gasteiger partial charge in [-0.15, -0.1) is 0 Å². The highest BCUT2D eigenvalue weighted by Gasteiger charge is 2.51. The average Bonchev–Trinajstić information content (AvgIpc) is 3.33. The van der Waals surface area contributed by atoms with E-state index in [0.717, 1.165) is 0 Å². The molecule has 4 rings (SSSR count). The Labute approximate surface area is 183 Å². The van der Waals surface area contributed by atoms with Gasteiger partial charge in [-0.2, -0.15) is 0 Å². The van der Waals surface area contributed by atoms with Crippen molar-refractivity contribution < 1.29 is 28.3 Å². The van der Waals surface area contributed by atoms with Crippen LogP contribution in [-0.4, -0.2) is 31.1 Å². The molecule has 0 bridgehead atoms. The van der Waals surface area contributed by atoms with Crippen LogP contribution in [0.1, 0.15) is 27.7 Å².